The van der Waals surface area contributed by atoms with Gasteiger partial charge in [-0.25, -0.2) is 0 Å². The minimum atomic E-state index is 0.167. The minimum Gasteiger partial charge on any atom is -0.296 e. The molecule has 5 heteroatoms. The molecule has 0 aromatic heterocycles. The van der Waals surface area contributed by atoms with Crippen molar-refractivity contribution in [1.82, 2.24) is 9.80 Å². The van der Waals surface area contributed by atoms with Crippen molar-refractivity contribution in [3.63, 3.8) is 0 Å². The van der Waals surface area contributed by atoms with E-state index in [9.17, 15) is 9.59 Å². The highest BCUT2D eigenvalue weighted by atomic mass is 32.2. The maximum Gasteiger partial charge on any atom is 0.176 e. The van der Waals surface area contributed by atoms with E-state index in [0.717, 1.165) is 43.7 Å². The second kappa shape index (κ2) is 10.4. The van der Waals surface area contributed by atoms with Crippen LogP contribution < -0.4 is 0 Å². The Kier molecular flexibility index (Phi) is 7.87. The van der Waals surface area contributed by atoms with E-state index in [2.05, 4.69) is 49.6 Å². The first-order valence-electron chi connectivity index (χ1n) is 10.9. The molecule has 0 saturated heterocycles. The maximum absolute atomic E-state index is 12.7. The second-order valence-electron chi connectivity index (χ2n) is 7.69. The fourth-order valence-corrected chi connectivity index (χ4v) is 4.82. The van der Waals surface area contributed by atoms with Crippen LogP contribution in [0.1, 0.15) is 59.5 Å². The zero-order chi connectivity index (χ0) is 21.7. The van der Waals surface area contributed by atoms with Crippen molar-refractivity contribution in [2.24, 2.45) is 0 Å². The highest BCUT2D eigenvalue weighted by Gasteiger charge is 2.20. The second-order valence-corrected chi connectivity index (χ2v) is 8.78. The van der Waals surface area contributed by atoms with E-state index in [1.165, 1.54) is 20.9 Å². The Balaban J connectivity index is 1.78. The maximum atomic E-state index is 12.7. The van der Waals surface area contributed by atoms with Crippen LogP contribution >= 0.6 is 11.8 Å². The van der Waals surface area contributed by atoms with Crippen molar-refractivity contribution in [2.45, 2.75) is 43.9 Å². The number of benzene rings is 2. The molecule has 1 aliphatic rings. The zero-order valence-electron chi connectivity index (χ0n) is 18.5. The first-order valence-corrected chi connectivity index (χ1v) is 11.7. The molecule has 0 aliphatic carbocycles. The third-order valence-corrected chi connectivity index (χ3v) is 7.13. The summed E-state index contributed by atoms with van der Waals surface area (Å²) in [7, 11) is 0. The van der Waals surface area contributed by atoms with Gasteiger partial charge < -0.3 is 0 Å². The topological polar surface area (TPSA) is 40.6 Å². The van der Waals surface area contributed by atoms with Crippen molar-refractivity contribution < 1.29 is 9.59 Å². The molecule has 0 atom stereocenters. The smallest absolute Gasteiger partial charge is 0.176 e. The van der Waals surface area contributed by atoms with Gasteiger partial charge in [-0.15, -0.1) is 0 Å². The van der Waals surface area contributed by atoms with Crippen molar-refractivity contribution in [2.75, 3.05) is 39.3 Å². The molecule has 2 aromatic rings. The van der Waals surface area contributed by atoms with Gasteiger partial charge in [-0.05, 0) is 68.0 Å². The van der Waals surface area contributed by atoms with Gasteiger partial charge in [0.25, 0.3) is 0 Å². The molecule has 1 aliphatic heterocycles. The molecule has 0 N–H and O–H groups in total. The van der Waals surface area contributed by atoms with Crippen molar-refractivity contribution in [1.29, 1.82) is 0 Å². The highest BCUT2D eigenvalue weighted by molar-refractivity contribution is 7.99. The SMILES string of the molecule is CCN(CC)CC(=O)c1ccc2c(c1)Cc1cc(C(=O)CN(CC)CC)ccc1S2. The van der Waals surface area contributed by atoms with E-state index in [0.29, 0.717) is 13.1 Å². The summed E-state index contributed by atoms with van der Waals surface area (Å²) >= 11 is 1.73. The predicted octanol–water partition coefficient (Wildman–Crippen LogP) is 4.79. The van der Waals surface area contributed by atoms with Crippen LogP contribution in [0.5, 0.6) is 0 Å². The normalized spacial score (nSPS) is 12.7. The summed E-state index contributed by atoms with van der Waals surface area (Å²) in [5.74, 6) is 0.334. The van der Waals surface area contributed by atoms with E-state index >= 15 is 0 Å². The first kappa shape index (κ1) is 22.7. The Morgan fingerprint density at radius 2 is 1.13 bits per heavy atom. The summed E-state index contributed by atoms with van der Waals surface area (Å²) in [6, 6.07) is 12.1. The molecule has 0 amide bonds. The Hall–Kier alpha value is -1.95. The Morgan fingerprint density at radius 1 is 0.733 bits per heavy atom. The lowest BCUT2D eigenvalue weighted by atomic mass is 9.98. The summed E-state index contributed by atoms with van der Waals surface area (Å²) in [6.45, 7) is 12.7. The Labute approximate surface area is 184 Å². The molecular weight excluding hydrogens is 392 g/mol. The zero-order valence-corrected chi connectivity index (χ0v) is 19.3. The van der Waals surface area contributed by atoms with Crippen LogP contribution in [0, 0.1) is 0 Å². The average Bonchev–Trinajstić information content (AvgIpc) is 2.78. The number of carbonyl (C=O) groups is 2. The molecule has 30 heavy (non-hydrogen) atoms. The summed E-state index contributed by atoms with van der Waals surface area (Å²) in [5.41, 5.74) is 3.90. The molecule has 0 saturated carbocycles. The number of hydrogen-bond acceptors (Lipinski definition) is 5. The Bertz CT molecular complexity index is 844. The quantitative estimate of drug-likeness (QED) is 0.438. The fraction of sp³-hybridized carbons (Fsp3) is 0.440. The minimum absolute atomic E-state index is 0.167. The lowest BCUT2D eigenvalue weighted by Crippen LogP contribution is -2.29. The molecule has 0 bridgehead atoms. The van der Waals surface area contributed by atoms with Crippen molar-refractivity contribution in [3.8, 4) is 0 Å². The largest absolute Gasteiger partial charge is 0.296 e. The summed E-state index contributed by atoms with van der Waals surface area (Å²) in [4.78, 5) is 32.1. The van der Waals surface area contributed by atoms with Gasteiger partial charge in [-0.2, -0.15) is 0 Å². The van der Waals surface area contributed by atoms with E-state index in [-0.39, 0.29) is 11.6 Å². The standard InChI is InChI=1S/C25H32N2O2S/c1-5-26(6-2)16-22(28)18-9-11-24-20(13-18)15-21-14-19(10-12-25(21)30-24)23(29)17-27(7-3)8-4/h9-14H,5-8,15-17H2,1-4H3. The lowest BCUT2D eigenvalue weighted by Gasteiger charge is -2.22. The van der Waals surface area contributed by atoms with Gasteiger partial charge in [0.05, 0.1) is 13.1 Å². The van der Waals surface area contributed by atoms with Crippen LogP contribution in [0.2, 0.25) is 0 Å². The predicted molar refractivity (Wildman–Crippen MR) is 124 cm³/mol. The molecule has 1 heterocycles. The third-order valence-electron chi connectivity index (χ3n) is 5.89. The van der Waals surface area contributed by atoms with Gasteiger partial charge in [0.15, 0.2) is 11.6 Å². The average molecular weight is 425 g/mol. The highest BCUT2D eigenvalue weighted by Crippen LogP contribution is 2.40. The van der Waals surface area contributed by atoms with Gasteiger partial charge in [-0.1, -0.05) is 51.6 Å². The van der Waals surface area contributed by atoms with Gasteiger partial charge in [0.2, 0.25) is 0 Å². The van der Waals surface area contributed by atoms with Gasteiger partial charge in [0, 0.05) is 20.9 Å². The van der Waals surface area contributed by atoms with Gasteiger partial charge >= 0.3 is 0 Å². The first-order chi connectivity index (χ1) is 14.5. The molecule has 0 radical (unpaired) electrons. The van der Waals surface area contributed by atoms with Crippen molar-refractivity contribution >= 4 is 23.3 Å². The van der Waals surface area contributed by atoms with E-state index in [1.54, 1.807) is 11.8 Å². The van der Waals surface area contributed by atoms with Crippen LogP contribution in [-0.4, -0.2) is 60.6 Å². The number of ketones is 2. The number of nitrogens with zero attached hydrogens (tertiary/aromatic N) is 2. The number of likely N-dealkylation sites (N-methyl/N-ethyl adjacent to an activating group) is 2. The van der Waals surface area contributed by atoms with Crippen LogP contribution in [0.3, 0.4) is 0 Å². The molecule has 0 unspecified atom stereocenters. The van der Waals surface area contributed by atoms with Crippen LogP contribution in [0.25, 0.3) is 0 Å². The van der Waals surface area contributed by atoms with Gasteiger partial charge in [-0.3, -0.25) is 19.4 Å². The van der Waals surface area contributed by atoms with Crippen LogP contribution in [0.4, 0.5) is 0 Å². The number of hydrogen-bond donors (Lipinski definition) is 0. The molecule has 4 nitrogen and oxygen atoms in total. The molecular formula is C25H32N2O2S. The van der Waals surface area contributed by atoms with Crippen molar-refractivity contribution in [3.05, 3.63) is 58.7 Å². The van der Waals surface area contributed by atoms with Gasteiger partial charge in [0.1, 0.15) is 0 Å². The van der Waals surface area contributed by atoms with E-state index in [4.69, 9.17) is 0 Å². The molecule has 2 aromatic carbocycles. The molecule has 3 rings (SSSR count). The van der Waals surface area contributed by atoms with Crippen LogP contribution in [-0.2, 0) is 6.42 Å². The number of fused-ring (bicyclic) bond motifs is 2. The monoisotopic (exact) mass is 424 g/mol. The number of rotatable bonds is 10. The Morgan fingerprint density at radius 3 is 1.50 bits per heavy atom. The summed E-state index contributed by atoms with van der Waals surface area (Å²) in [6.07, 6.45) is 0.760. The molecule has 0 spiro atoms. The third kappa shape index (κ3) is 5.20. The molecule has 0 fully saturated rings. The van der Waals surface area contributed by atoms with Crippen LogP contribution in [0.15, 0.2) is 46.2 Å². The fourth-order valence-electron chi connectivity index (χ4n) is 3.79. The van der Waals surface area contributed by atoms with E-state index in [1.807, 2.05) is 24.3 Å². The summed E-state index contributed by atoms with van der Waals surface area (Å²) < 4.78 is 0. The number of Topliss-reactive ketones (excluding diaryl/α,β-unsaturated/α-hetero) is 2. The van der Waals surface area contributed by atoms with E-state index < -0.39 is 0 Å². The summed E-state index contributed by atoms with van der Waals surface area (Å²) in [5, 5.41) is 0. The number of carbonyl (C=O) groups excluding carboxylic acids is 2. The molecule has 160 valence electrons. The lowest BCUT2D eigenvalue weighted by molar-refractivity contribution is 0.0930.